The Kier molecular flexibility index (Phi) is 8.82. The van der Waals surface area contributed by atoms with Gasteiger partial charge in [-0.1, -0.05) is 81.1 Å². The van der Waals surface area contributed by atoms with Crippen molar-refractivity contribution in [3.8, 4) is 11.1 Å². The lowest BCUT2D eigenvalue weighted by Crippen LogP contribution is -2.41. The topological polar surface area (TPSA) is 36.9 Å². The molecule has 0 amide bonds. The lowest BCUT2D eigenvalue weighted by Gasteiger charge is -2.33. The second-order valence-electron chi connectivity index (χ2n) is 14.2. The molecule has 41 heavy (non-hydrogen) atoms. The van der Waals surface area contributed by atoms with E-state index in [1.807, 2.05) is 0 Å². The number of rotatable bonds is 10. The van der Waals surface area contributed by atoms with Gasteiger partial charge in [-0.15, -0.1) is 0 Å². The third-order valence-electron chi connectivity index (χ3n) is 10.4. The molecule has 0 atom stereocenters. The summed E-state index contributed by atoms with van der Waals surface area (Å²) in [5.74, 6) is 0. The molecule has 5 rings (SSSR count). The fraction of sp³-hybridized carbons (Fsp3) is 0.636. The maximum Gasteiger partial charge on any atom is 0.494 e. The Morgan fingerprint density at radius 2 is 0.878 bits per heavy atom. The molecule has 0 bridgehead atoms. The summed E-state index contributed by atoms with van der Waals surface area (Å²) in [6.07, 6.45) is 6.80. The molecular weight excluding hydrogens is 642 g/mol. The van der Waals surface area contributed by atoms with E-state index in [2.05, 4.69) is 124 Å². The summed E-state index contributed by atoms with van der Waals surface area (Å²) in [4.78, 5) is 0. The molecule has 222 valence electrons. The first-order valence-corrected chi connectivity index (χ1v) is 17.5. The van der Waals surface area contributed by atoms with Crippen LogP contribution in [-0.2, 0) is 24.0 Å². The molecule has 0 radical (unpaired) electrons. The molecule has 2 saturated heterocycles. The van der Waals surface area contributed by atoms with Crippen molar-refractivity contribution < 1.29 is 18.6 Å². The van der Waals surface area contributed by atoms with Gasteiger partial charge in [0.1, 0.15) is 0 Å². The minimum absolute atomic E-state index is 0.0890. The number of benzene rings is 2. The summed E-state index contributed by atoms with van der Waals surface area (Å²) in [6.45, 7) is 17.0. The normalized spacial score (nSPS) is 22.7. The first-order valence-electron chi connectivity index (χ1n) is 15.3. The van der Waals surface area contributed by atoms with E-state index in [0.717, 1.165) is 60.1 Å². The Morgan fingerprint density at radius 3 is 1.20 bits per heavy atom. The van der Waals surface area contributed by atoms with Crippen LogP contribution >= 0.6 is 31.9 Å². The quantitative estimate of drug-likeness (QED) is 0.146. The first-order chi connectivity index (χ1) is 19.2. The molecule has 0 N–H and O–H groups in total. The molecule has 0 unspecified atom stereocenters. The van der Waals surface area contributed by atoms with Crippen LogP contribution in [0.25, 0.3) is 11.1 Å². The van der Waals surface area contributed by atoms with E-state index in [9.17, 15) is 0 Å². The van der Waals surface area contributed by atoms with Crippen LogP contribution in [0.3, 0.4) is 0 Å². The van der Waals surface area contributed by atoms with Crippen molar-refractivity contribution in [2.45, 2.75) is 122 Å². The zero-order chi connectivity index (χ0) is 29.8. The summed E-state index contributed by atoms with van der Waals surface area (Å²) in [6, 6.07) is 13.8. The maximum atomic E-state index is 6.51. The fourth-order valence-electron chi connectivity index (χ4n) is 6.49. The Balaban J connectivity index is 1.61. The van der Waals surface area contributed by atoms with E-state index < -0.39 is 0 Å². The van der Waals surface area contributed by atoms with Crippen LogP contribution in [-0.4, -0.2) is 47.3 Å². The van der Waals surface area contributed by atoms with E-state index in [4.69, 9.17) is 18.6 Å². The van der Waals surface area contributed by atoms with Crippen LogP contribution in [0.4, 0.5) is 0 Å². The van der Waals surface area contributed by atoms with Crippen molar-refractivity contribution in [3.63, 3.8) is 0 Å². The molecule has 3 aliphatic rings. The summed E-state index contributed by atoms with van der Waals surface area (Å²) >= 11 is 7.37. The zero-order valence-corrected chi connectivity index (χ0v) is 29.3. The van der Waals surface area contributed by atoms with Gasteiger partial charge in [-0.25, -0.2) is 0 Å². The van der Waals surface area contributed by atoms with Crippen LogP contribution in [0.2, 0.25) is 0 Å². The molecule has 2 fully saturated rings. The number of hydrogen-bond donors (Lipinski definition) is 0. The fourth-order valence-corrected chi connectivity index (χ4v) is 7.28. The van der Waals surface area contributed by atoms with Gasteiger partial charge in [0.15, 0.2) is 0 Å². The van der Waals surface area contributed by atoms with Gasteiger partial charge in [0, 0.05) is 16.1 Å². The number of unbranched alkanes of at least 4 members (excludes halogenated alkanes) is 2. The van der Waals surface area contributed by atoms with Gasteiger partial charge in [-0.3, -0.25) is 0 Å². The second-order valence-corrected chi connectivity index (χ2v) is 15.7. The number of alkyl halides is 2. The van der Waals surface area contributed by atoms with Gasteiger partial charge in [0.2, 0.25) is 0 Å². The Labute approximate surface area is 265 Å². The van der Waals surface area contributed by atoms with Crippen LogP contribution in [0, 0.1) is 0 Å². The highest BCUT2D eigenvalue weighted by Gasteiger charge is 2.54. The van der Waals surface area contributed by atoms with E-state index in [-0.39, 0.29) is 42.1 Å². The van der Waals surface area contributed by atoms with Gasteiger partial charge < -0.3 is 18.6 Å². The maximum absolute atomic E-state index is 6.51. The molecule has 0 aromatic heterocycles. The van der Waals surface area contributed by atoms with Gasteiger partial charge in [0.25, 0.3) is 0 Å². The Bertz CT molecular complexity index is 1150. The first kappa shape index (κ1) is 31.8. The summed E-state index contributed by atoms with van der Waals surface area (Å²) in [5, 5.41) is 2.04. The van der Waals surface area contributed by atoms with Crippen molar-refractivity contribution in [3.05, 3.63) is 47.5 Å². The number of halogens is 2. The average molecular weight is 688 g/mol. The molecular formula is C33H46B2Br2O4. The van der Waals surface area contributed by atoms with E-state index >= 15 is 0 Å². The van der Waals surface area contributed by atoms with Crippen LogP contribution in [0.1, 0.15) is 105 Å². The SMILES string of the molecule is CC1(C)OB(c2ccc3c(c2)C(CCCCBr)(CCCCBr)c2cc(B4OC(C)(C)C(C)(C)O4)ccc2-3)OC1(C)C. The van der Waals surface area contributed by atoms with Gasteiger partial charge in [0.05, 0.1) is 22.4 Å². The molecule has 8 heteroatoms. The van der Waals surface area contributed by atoms with Gasteiger partial charge >= 0.3 is 14.2 Å². The molecule has 1 aliphatic carbocycles. The molecule has 4 nitrogen and oxygen atoms in total. The van der Waals surface area contributed by atoms with Crippen molar-refractivity contribution in [1.82, 2.24) is 0 Å². The minimum Gasteiger partial charge on any atom is -0.399 e. The van der Waals surface area contributed by atoms with Crippen LogP contribution in [0.5, 0.6) is 0 Å². The number of hydrogen-bond acceptors (Lipinski definition) is 4. The predicted molar refractivity (Wildman–Crippen MR) is 179 cm³/mol. The number of fused-ring (bicyclic) bond motifs is 3. The molecule has 2 aromatic carbocycles. The third kappa shape index (κ3) is 5.57. The molecule has 0 saturated carbocycles. The molecule has 2 aliphatic heterocycles. The van der Waals surface area contributed by atoms with Crippen LogP contribution in [0.15, 0.2) is 36.4 Å². The smallest absolute Gasteiger partial charge is 0.399 e. The molecule has 0 spiro atoms. The molecule has 2 aromatic rings. The van der Waals surface area contributed by atoms with Crippen molar-refractivity contribution in [1.29, 1.82) is 0 Å². The highest BCUT2D eigenvalue weighted by Crippen LogP contribution is 2.54. The third-order valence-corrected chi connectivity index (χ3v) is 11.6. The van der Waals surface area contributed by atoms with Gasteiger partial charge in [-0.2, -0.15) is 0 Å². The van der Waals surface area contributed by atoms with E-state index in [1.165, 1.54) is 22.3 Å². The van der Waals surface area contributed by atoms with Gasteiger partial charge in [-0.05, 0) is 114 Å². The van der Waals surface area contributed by atoms with Crippen molar-refractivity contribution >= 4 is 57.0 Å². The van der Waals surface area contributed by atoms with E-state index in [0.29, 0.717) is 0 Å². The average Bonchev–Trinajstić information content (AvgIpc) is 3.39. The lowest BCUT2D eigenvalue weighted by atomic mass is 9.67. The molecule has 2 heterocycles. The largest absolute Gasteiger partial charge is 0.494 e. The summed E-state index contributed by atoms with van der Waals surface area (Å²) in [5.41, 5.74) is 6.11. The highest BCUT2D eigenvalue weighted by atomic mass is 79.9. The summed E-state index contributed by atoms with van der Waals surface area (Å²) < 4.78 is 26.0. The van der Waals surface area contributed by atoms with Crippen LogP contribution < -0.4 is 10.9 Å². The standard InChI is InChI=1S/C33H46B2Br2O4/c1-29(2)30(3,4)39-34(38-29)23-13-15-25-26-16-14-24(35-40-31(5,6)32(7,8)41-35)22-28(26)33(27(25)21-23,17-9-11-19-36)18-10-12-20-37/h13-16,21-22H,9-12,17-20H2,1-8H3. The van der Waals surface area contributed by atoms with Crippen molar-refractivity contribution in [2.24, 2.45) is 0 Å². The minimum atomic E-state index is -0.378. The summed E-state index contributed by atoms with van der Waals surface area (Å²) in [7, 11) is -0.755. The zero-order valence-electron chi connectivity index (χ0n) is 26.2. The lowest BCUT2D eigenvalue weighted by molar-refractivity contribution is 0.00578. The van der Waals surface area contributed by atoms with Crippen molar-refractivity contribution in [2.75, 3.05) is 10.7 Å². The monoisotopic (exact) mass is 686 g/mol. The Morgan fingerprint density at radius 1 is 0.537 bits per heavy atom. The van der Waals surface area contributed by atoms with E-state index in [1.54, 1.807) is 0 Å². The second kappa shape index (κ2) is 11.4. The highest BCUT2D eigenvalue weighted by molar-refractivity contribution is 9.09. The Hall–Kier alpha value is -0.630. The predicted octanol–water partition coefficient (Wildman–Crippen LogP) is 7.68.